The van der Waals surface area contributed by atoms with E-state index in [1.54, 1.807) is 11.9 Å². The molecule has 78 valence electrons. The first-order chi connectivity index (χ1) is 6.76. The summed E-state index contributed by atoms with van der Waals surface area (Å²) in [5.74, 6) is 0. The third kappa shape index (κ3) is 3.60. The van der Waals surface area contributed by atoms with Crippen LogP contribution in [0.4, 0.5) is 5.69 Å². The third-order valence-corrected chi connectivity index (χ3v) is 3.12. The highest BCUT2D eigenvalue weighted by Gasteiger charge is 2.02. The first kappa shape index (κ1) is 11.4. The van der Waals surface area contributed by atoms with Crippen molar-refractivity contribution in [2.45, 2.75) is 25.2 Å². The molecule has 0 atom stereocenters. The van der Waals surface area contributed by atoms with Gasteiger partial charge in [0.1, 0.15) is 0 Å². The summed E-state index contributed by atoms with van der Waals surface area (Å²) in [4.78, 5) is 1.26. The molecule has 0 aliphatic carbocycles. The Labute approximate surface area is 90.6 Å². The Kier molecular flexibility index (Phi) is 4.84. The van der Waals surface area contributed by atoms with Crippen LogP contribution in [0.1, 0.15) is 20.3 Å². The summed E-state index contributed by atoms with van der Waals surface area (Å²) in [6.07, 6.45) is 1.19. The molecule has 0 aromatic heterocycles. The molecular formula is C11H18N2S. The molecule has 0 bridgehead atoms. The van der Waals surface area contributed by atoms with Crippen LogP contribution in [0, 0.1) is 0 Å². The van der Waals surface area contributed by atoms with Gasteiger partial charge in [0, 0.05) is 23.7 Å². The van der Waals surface area contributed by atoms with Crippen LogP contribution in [-0.4, -0.2) is 17.4 Å². The van der Waals surface area contributed by atoms with Crippen molar-refractivity contribution in [1.82, 2.24) is 4.31 Å². The second-order valence-corrected chi connectivity index (χ2v) is 4.35. The van der Waals surface area contributed by atoms with Crippen LogP contribution >= 0.6 is 11.9 Å². The number of benzene rings is 1. The lowest BCUT2D eigenvalue weighted by atomic mass is 10.3. The fourth-order valence-corrected chi connectivity index (χ4v) is 2.15. The fourth-order valence-electron chi connectivity index (χ4n) is 1.20. The van der Waals surface area contributed by atoms with Crippen LogP contribution in [-0.2, 0) is 0 Å². The average molecular weight is 210 g/mol. The molecule has 0 saturated heterocycles. The highest BCUT2D eigenvalue weighted by Crippen LogP contribution is 2.23. The van der Waals surface area contributed by atoms with Crippen molar-refractivity contribution >= 4 is 17.6 Å². The van der Waals surface area contributed by atoms with E-state index in [0.717, 1.165) is 18.8 Å². The average Bonchev–Trinajstić information content (AvgIpc) is 2.20. The van der Waals surface area contributed by atoms with Crippen LogP contribution in [0.2, 0.25) is 0 Å². The van der Waals surface area contributed by atoms with Crippen molar-refractivity contribution in [3.05, 3.63) is 24.3 Å². The van der Waals surface area contributed by atoms with E-state index in [-0.39, 0.29) is 0 Å². The Morgan fingerprint density at radius 3 is 2.36 bits per heavy atom. The monoisotopic (exact) mass is 210 g/mol. The Balaban J connectivity index is 2.53. The maximum Gasteiger partial charge on any atom is 0.0314 e. The molecule has 0 heterocycles. The van der Waals surface area contributed by atoms with E-state index in [1.807, 2.05) is 12.1 Å². The molecule has 1 rings (SSSR count). The first-order valence-corrected chi connectivity index (χ1v) is 5.82. The molecule has 0 aliphatic rings. The van der Waals surface area contributed by atoms with Gasteiger partial charge in [-0.3, -0.25) is 0 Å². The number of nitrogens with two attached hydrogens (primary N) is 1. The normalized spacial score (nSPS) is 10.8. The van der Waals surface area contributed by atoms with Crippen molar-refractivity contribution in [2.24, 2.45) is 0 Å². The molecular weight excluding hydrogens is 192 g/mol. The molecule has 0 radical (unpaired) electrons. The van der Waals surface area contributed by atoms with Gasteiger partial charge in [-0.1, -0.05) is 13.8 Å². The minimum absolute atomic E-state index is 0.827. The summed E-state index contributed by atoms with van der Waals surface area (Å²) in [6.45, 7) is 6.58. The van der Waals surface area contributed by atoms with Gasteiger partial charge < -0.3 is 5.73 Å². The maximum atomic E-state index is 5.63. The minimum atomic E-state index is 0.827. The van der Waals surface area contributed by atoms with E-state index >= 15 is 0 Å². The number of nitrogens with zero attached hydrogens (tertiary/aromatic N) is 1. The zero-order valence-electron chi connectivity index (χ0n) is 8.86. The summed E-state index contributed by atoms with van der Waals surface area (Å²) in [7, 11) is 0. The molecule has 2 N–H and O–H groups in total. The quantitative estimate of drug-likeness (QED) is 0.598. The smallest absolute Gasteiger partial charge is 0.0314 e. The predicted molar refractivity (Wildman–Crippen MR) is 64.2 cm³/mol. The van der Waals surface area contributed by atoms with Gasteiger partial charge in [0.2, 0.25) is 0 Å². The summed E-state index contributed by atoms with van der Waals surface area (Å²) in [6, 6.07) is 8.03. The van der Waals surface area contributed by atoms with E-state index in [0.29, 0.717) is 0 Å². The van der Waals surface area contributed by atoms with Gasteiger partial charge in [-0.05, 0) is 42.6 Å². The third-order valence-electron chi connectivity index (χ3n) is 1.94. The Morgan fingerprint density at radius 1 is 1.21 bits per heavy atom. The Bertz CT molecular complexity index is 258. The van der Waals surface area contributed by atoms with E-state index in [1.165, 1.54) is 11.3 Å². The molecule has 0 spiro atoms. The standard InChI is InChI=1S/C11H18N2S/c1-3-9-13(4-2)14-11-7-5-10(12)6-8-11/h5-8H,3-4,9,12H2,1-2H3. The number of hydrogen-bond donors (Lipinski definition) is 1. The lowest BCUT2D eigenvalue weighted by Crippen LogP contribution is -2.15. The highest BCUT2D eigenvalue weighted by atomic mass is 32.2. The molecule has 0 aliphatic heterocycles. The zero-order chi connectivity index (χ0) is 10.4. The summed E-state index contributed by atoms with van der Waals surface area (Å²) in [5, 5.41) is 0. The van der Waals surface area contributed by atoms with Crippen molar-refractivity contribution in [2.75, 3.05) is 18.8 Å². The Hall–Kier alpha value is -0.670. The molecule has 0 saturated carbocycles. The van der Waals surface area contributed by atoms with Crippen molar-refractivity contribution in [1.29, 1.82) is 0 Å². The van der Waals surface area contributed by atoms with E-state index < -0.39 is 0 Å². The van der Waals surface area contributed by atoms with Crippen LogP contribution in [0.5, 0.6) is 0 Å². The number of anilines is 1. The topological polar surface area (TPSA) is 29.3 Å². The van der Waals surface area contributed by atoms with Crippen molar-refractivity contribution < 1.29 is 0 Å². The summed E-state index contributed by atoms with van der Waals surface area (Å²) < 4.78 is 2.35. The second kappa shape index (κ2) is 5.94. The van der Waals surface area contributed by atoms with Crippen LogP contribution in [0.25, 0.3) is 0 Å². The molecule has 2 nitrogen and oxygen atoms in total. The van der Waals surface area contributed by atoms with Gasteiger partial charge in [-0.25, -0.2) is 4.31 Å². The van der Waals surface area contributed by atoms with Gasteiger partial charge in [-0.2, -0.15) is 0 Å². The van der Waals surface area contributed by atoms with Crippen molar-refractivity contribution in [3.8, 4) is 0 Å². The van der Waals surface area contributed by atoms with Gasteiger partial charge >= 0.3 is 0 Å². The van der Waals surface area contributed by atoms with E-state index in [2.05, 4.69) is 30.3 Å². The van der Waals surface area contributed by atoms with Crippen LogP contribution < -0.4 is 5.73 Å². The molecule has 0 unspecified atom stereocenters. The maximum absolute atomic E-state index is 5.63. The fraction of sp³-hybridized carbons (Fsp3) is 0.455. The number of hydrogen-bond acceptors (Lipinski definition) is 3. The summed E-state index contributed by atoms with van der Waals surface area (Å²) in [5.41, 5.74) is 6.45. The largest absolute Gasteiger partial charge is 0.399 e. The molecule has 1 aromatic carbocycles. The minimum Gasteiger partial charge on any atom is -0.399 e. The zero-order valence-corrected chi connectivity index (χ0v) is 9.68. The lowest BCUT2D eigenvalue weighted by molar-refractivity contribution is 0.493. The van der Waals surface area contributed by atoms with Crippen LogP contribution in [0.15, 0.2) is 29.2 Å². The Morgan fingerprint density at radius 2 is 1.86 bits per heavy atom. The number of rotatable bonds is 5. The highest BCUT2D eigenvalue weighted by molar-refractivity contribution is 7.97. The predicted octanol–water partition coefficient (Wildman–Crippen LogP) is 3.01. The van der Waals surface area contributed by atoms with Crippen LogP contribution in [0.3, 0.4) is 0 Å². The SMILES string of the molecule is CCCN(CC)Sc1ccc(N)cc1. The van der Waals surface area contributed by atoms with E-state index in [4.69, 9.17) is 5.73 Å². The number of nitrogen functional groups attached to an aromatic ring is 1. The van der Waals surface area contributed by atoms with Crippen molar-refractivity contribution in [3.63, 3.8) is 0 Å². The first-order valence-electron chi connectivity index (χ1n) is 5.04. The molecule has 0 fully saturated rings. The summed E-state index contributed by atoms with van der Waals surface area (Å²) >= 11 is 1.80. The van der Waals surface area contributed by atoms with Gasteiger partial charge in [-0.15, -0.1) is 0 Å². The molecule has 3 heteroatoms. The molecule has 0 amide bonds. The van der Waals surface area contributed by atoms with Gasteiger partial charge in [0.25, 0.3) is 0 Å². The van der Waals surface area contributed by atoms with Gasteiger partial charge in [0.05, 0.1) is 0 Å². The van der Waals surface area contributed by atoms with E-state index in [9.17, 15) is 0 Å². The molecule has 1 aromatic rings. The molecule has 14 heavy (non-hydrogen) atoms. The lowest BCUT2D eigenvalue weighted by Gasteiger charge is -2.17. The second-order valence-electron chi connectivity index (χ2n) is 3.18. The van der Waals surface area contributed by atoms with Gasteiger partial charge in [0.15, 0.2) is 0 Å².